The number of nitrogens with one attached hydrogen (secondary N) is 4. The number of carbonyl (C=O) groups is 1. The zero-order valence-corrected chi connectivity index (χ0v) is 56.6. The molecule has 1 amide bonds. The summed E-state index contributed by atoms with van der Waals surface area (Å²) in [7, 11) is 9.55. The van der Waals surface area contributed by atoms with Gasteiger partial charge in [0.1, 0.15) is 17.5 Å². The van der Waals surface area contributed by atoms with Gasteiger partial charge in [0.05, 0.1) is 47.7 Å². The number of β-amino-alcohol motifs (C(OH)–C–C–N with tert-alkyl or cyclic N) is 1. The highest BCUT2D eigenvalue weighted by molar-refractivity contribution is 7.16. The maximum atomic E-state index is 12.8. The van der Waals surface area contributed by atoms with Crippen molar-refractivity contribution in [1.29, 1.82) is 0 Å². The van der Waals surface area contributed by atoms with E-state index in [4.69, 9.17) is 31.4 Å². The lowest BCUT2D eigenvalue weighted by Gasteiger charge is -2.27. The van der Waals surface area contributed by atoms with Gasteiger partial charge in [0.15, 0.2) is 22.5 Å². The van der Waals surface area contributed by atoms with Gasteiger partial charge in [0.2, 0.25) is 5.01 Å². The Morgan fingerprint density at radius 1 is 0.545 bits per heavy atom. The van der Waals surface area contributed by atoms with Crippen LogP contribution in [-0.2, 0) is 35.2 Å². The molecule has 0 spiro atoms. The average molecular weight is 1350 g/mol. The monoisotopic (exact) mass is 1350 g/mol. The second-order valence-corrected chi connectivity index (χ2v) is 26.9. The highest BCUT2D eigenvalue weighted by Crippen LogP contribution is 2.36. The number of aromatic nitrogens is 18. The molecule has 0 unspecified atom stereocenters. The van der Waals surface area contributed by atoms with Crippen molar-refractivity contribution in [2.45, 2.75) is 75.2 Å². The average Bonchev–Trinajstić information content (AvgIpc) is 2.22. The lowest BCUT2D eigenvalue weighted by Crippen LogP contribution is -2.45. The van der Waals surface area contributed by atoms with E-state index < -0.39 is 6.10 Å². The third-order valence-electron chi connectivity index (χ3n) is 18.2. The molecular weight excluding hydrogens is 1270 g/mol. The molecule has 5 atom stereocenters. The zero-order valence-electron chi connectivity index (χ0n) is 55.8. The Morgan fingerprint density at radius 3 is 1.45 bits per heavy atom. The number of benzene rings is 3. The Balaban J connectivity index is 0.000000127. The van der Waals surface area contributed by atoms with E-state index in [0.29, 0.717) is 76.4 Å². The number of likely N-dealkylation sites (tertiary alicyclic amines) is 1. The number of aliphatic hydroxyl groups excluding tert-OH is 1. The smallest absolute Gasteiger partial charge is 0.284 e. The van der Waals surface area contributed by atoms with E-state index in [1.54, 1.807) is 34.5 Å². The van der Waals surface area contributed by atoms with Gasteiger partial charge >= 0.3 is 0 Å². The highest BCUT2D eigenvalue weighted by Gasteiger charge is 2.30. The van der Waals surface area contributed by atoms with Crippen LogP contribution in [0.3, 0.4) is 0 Å². The van der Waals surface area contributed by atoms with E-state index in [1.807, 2.05) is 152 Å². The van der Waals surface area contributed by atoms with Crippen molar-refractivity contribution in [3.05, 3.63) is 158 Å². The summed E-state index contributed by atoms with van der Waals surface area (Å²) in [4.78, 5) is 43.2. The number of hydrogen-bond donors (Lipinski definition) is 7. The summed E-state index contributed by atoms with van der Waals surface area (Å²) < 4.78 is 8.95. The van der Waals surface area contributed by atoms with Gasteiger partial charge in [-0.1, -0.05) is 65.9 Å². The van der Waals surface area contributed by atoms with E-state index in [0.717, 1.165) is 142 Å². The molecule has 4 fully saturated rings. The van der Waals surface area contributed by atoms with Gasteiger partial charge in [-0.2, -0.15) is 25.5 Å². The fourth-order valence-corrected chi connectivity index (χ4v) is 13.5. The minimum atomic E-state index is -0.481. The molecule has 2 aliphatic carbocycles. The third-order valence-corrected chi connectivity index (χ3v) is 19.1. The molecule has 11 heterocycles. The van der Waals surface area contributed by atoms with E-state index in [1.165, 1.54) is 11.3 Å². The van der Waals surface area contributed by atoms with Crippen molar-refractivity contribution < 1.29 is 9.90 Å². The largest absolute Gasteiger partial charge is 0.391 e. The first-order valence-electron chi connectivity index (χ1n) is 33.3. The molecule has 27 nitrogen and oxygen atoms in total. The minimum Gasteiger partial charge on any atom is -0.391 e. The van der Waals surface area contributed by atoms with Crippen molar-refractivity contribution in [2.24, 2.45) is 52.6 Å². The normalized spacial score (nSPS) is 18.1. The molecule has 2 saturated heterocycles. The number of nitrogens with two attached hydrogens (primary N) is 2. The number of amides is 1. The molecule has 2 aliphatic heterocycles. The van der Waals surface area contributed by atoms with Gasteiger partial charge in [0, 0.05) is 192 Å². The summed E-state index contributed by atoms with van der Waals surface area (Å²) in [5.74, 6) is 4.55. The summed E-state index contributed by atoms with van der Waals surface area (Å²) >= 11 is 1.22. The third kappa shape index (κ3) is 15.5. The molecule has 12 aromatic rings. The number of hydrogen-bond acceptors (Lipinski definition) is 22. The van der Waals surface area contributed by atoms with Gasteiger partial charge < -0.3 is 42.7 Å². The van der Waals surface area contributed by atoms with Gasteiger partial charge in [-0.25, -0.2) is 29.9 Å². The first kappa shape index (κ1) is 65.5. The molecule has 506 valence electrons. The lowest BCUT2D eigenvalue weighted by atomic mass is 10.0. The quantitative estimate of drug-likeness (QED) is 0.0450. The van der Waals surface area contributed by atoms with Crippen LogP contribution in [0.2, 0.25) is 0 Å². The predicted molar refractivity (Wildman–Crippen MR) is 382 cm³/mol. The lowest BCUT2D eigenvalue weighted by molar-refractivity contribution is 0.0763. The standard InChI is InChI=1S/C25H27N9O2S.2C23H26N8/c1-33-13-18(11-29-33)16-3-2-4-17(7-16)21-28-12-20(22(30-21)27-10-15-8-26-9-15)23-31-32-24(37-23)25(36)34-6-5-19(35)14-34;1-30-13-17(10-26-30)15-4-3-5-16(8-15)22-25-12-21(18-11-27-31(2)14-18)23(29-22)28-20-7-6-19(24)9-20;1-30-9-8-21(29-30)20-13-25-22(28-23(20)27-19-7-6-18(24)11-19)16-5-3-4-15(10-16)17-12-26-31(2)14-17/h2-4,7,11-13,15,19,26,35H,5-6,8-10,14H2,1H3,(H,27,28,30);3-5,8,10-14,19-20H,6-7,9,24H2,1-2H3,(H,25,28,29);3-5,8-10,12-14,18-19H,6-7,11,24H2,1-2H3,(H,25,27,28)/t19-;19-,20+;18-,19+/m100/s1. The van der Waals surface area contributed by atoms with Crippen LogP contribution in [0.25, 0.3) is 100 Å². The highest BCUT2D eigenvalue weighted by atomic mass is 32.1. The molecule has 9 N–H and O–H groups in total. The topological polar surface area (TPSA) is 333 Å². The van der Waals surface area contributed by atoms with Crippen molar-refractivity contribution in [3.63, 3.8) is 0 Å². The van der Waals surface area contributed by atoms with Gasteiger partial charge in [0.25, 0.3) is 5.91 Å². The Morgan fingerprint density at radius 2 is 1.02 bits per heavy atom. The van der Waals surface area contributed by atoms with Crippen LogP contribution in [-0.4, -0.2) is 168 Å². The number of aliphatic hydroxyl groups is 1. The molecule has 99 heavy (non-hydrogen) atoms. The van der Waals surface area contributed by atoms with Gasteiger partial charge in [-0.05, 0) is 85.9 Å². The van der Waals surface area contributed by atoms with Crippen LogP contribution in [0.4, 0.5) is 17.5 Å². The fraction of sp³-hybridized carbons (Fsp3) is 0.324. The summed E-state index contributed by atoms with van der Waals surface area (Å²) in [5, 5.41) is 54.8. The maximum Gasteiger partial charge on any atom is 0.284 e. The van der Waals surface area contributed by atoms with Crippen LogP contribution >= 0.6 is 11.3 Å². The predicted octanol–water partition coefficient (Wildman–Crippen LogP) is 8.37. The van der Waals surface area contributed by atoms with E-state index in [2.05, 4.69) is 97.3 Å². The molecular formula is C71H79N25O2S. The molecule has 0 bridgehead atoms. The second kappa shape index (κ2) is 29.1. The number of aryl methyl sites for hydroxylation is 5. The number of anilines is 3. The minimum absolute atomic E-state index is 0.208. The summed E-state index contributed by atoms with van der Waals surface area (Å²) in [6.07, 6.45) is 28.9. The van der Waals surface area contributed by atoms with Gasteiger partial charge in [-0.3, -0.25) is 28.2 Å². The Kier molecular flexibility index (Phi) is 19.3. The van der Waals surface area contributed by atoms with Crippen LogP contribution in [0.1, 0.15) is 54.7 Å². The fourth-order valence-electron chi connectivity index (χ4n) is 12.7. The molecule has 2 saturated carbocycles. The van der Waals surface area contributed by atoms with Crippen molar-refractivity contribution in [3.8, 4) is 100 Å². The molecule has 4 aliphatic rings. The summed E-state index contributed by atoms with van der Waals surface area (Å²) in [5.41, 5.74) is 25.8. The summed E-state index contributed by atoms with van der Waals surface area (Å²) in [6.45, 7) is 3.54. The number of carbonyl (C=O) groups excluding carboxylic acids is 1. The SMILES string of the molecule is Cn1cc(-c2cccc(-c3ncc(-c4ccn(C)n4)c(N[C@@H]4CC[C@H](N)C4)n3)c2)cn1.Cn1cc(-c2cccc(-c3ncc(-c4cnn(C)c4)c(N[C@@H]4CC[C@H](N)C4)n3)c2)cn1.Cn1cc(-c2cccc(-c3ncc(-c4nnc(C(=O)N5CC[C@@H](O)C5)s4)c(NCC4CNC4)n3)c2)cn1. The first-order chi connectivity index (χ1) is 48.1. The van der Waals surface area contributed by atoms with E-state index in [9.17, 15) is 9.90 Å². The molecule has 0 radical (unpaired) electrons. The van der Waals surface area contributed by atoms with E-state index in [-0.39, 0.29) is 18.0 Å². The second-order valence-electron chi connectivity index (χ2n) is 25.9. The molecule has 16 rings (SSSR count). The Hall–Kier alpha value is -10.8. The molecule has 28 heteroatoms. The number of rotatable bonds is 17. The first-order valence-corrected chi connectivity index (χ1v) is 34.1. The van der Waals surface area contributed by atoms with Crippen LogP contribution < -0.4 is 32.7 Å². The summed E-state index contributed by atoms with van der Waals surface area (Å²) in [6, 6.07) is 27.6. The molecule has 9 aromatic heterocycles. The van der Waals surface area contributed by atoms with E-state index >= 15 is 0 Å². The Bertz CT molecular complexity index is 4600. The molecule has 3 aromatic carbocycles. The number of nitrogens with zero attached hydrogens (tertiary/aromatic N) is 19. The maximum absolute atomic E-state index is 12.8. The van der Waals surface area contributed by atoms with Crippen LogP contribution in [0, 0.1) is 5.92 Å². The van der Waals surface area contributed by atoms with Crippen molar-refractivity contribution in [2.75, 3.05) is 48.7 Å². The van der Waals surface area contributed by atoms with Crippen LogP contribution in [0.5, 0.6) is 0 Å². The van der Waals surface area contributed by atoms with Gasteiger partial charge in [-0.15, -0.1) is 10.2 Å². The van der Waals surface area contributed by atoms with Crippen molar-refractivity contribution >= 4 is 34.7 Å². The van der Waals surface area contributed by atoms with Crippen LogP contribution in [0.15, 0.2) is 153 Å². The zero-order chi connectivity index (χ0) is 68.1. The Labute approximate surface area is 576 Å². The van der Waals surface area contributed by atoms with Crippen molar-refractivity contribution in [1.82, 2.24) is 99.2 Å².